The van der Waals surface area contributed by atoms with Gasteiger partial charge in [-0.15, -0.1) is 0 Å². The number of likely N-dealkylation sites (N-methyl/N-ethyl adjacent to an activating group) is 1. The lowest BCUT2D eigenvalue weighted by atomic mass is 9.75. The number of hydrogen-bond acceptors (Lipinski definition) is 4. The van der Waals surface area contributed by atoms with Crippen LogP contribution >= 0.6 is 0 Å². The van der Waals surface area contributed by atoms with Crippen LogP contribution in [0, 0.1) is 17.8 Å². The van der Waals surface area contributed by atoms with E-state index in [1.807, 2.05) is 18.2 Å². The Kier molecular flexibility index (Phi) is 3.99. The Balaban J connectivity index is 1.32. The summed E-state index contributed by atoms with van der Waals surface area (Å²) >= 11 is 0. The van der Waals surface area contributed by atoms with E-state index in [4.69, 9.17) is 4.74 Å². The molecule has 3 atom stereocenters. The second kappa shape index (κ2) is 6.03. The van der Waals surface area contributed by atoms with Gasteiger partial charge in [0, 0.05) is 31.3 Å². The highest BCUT2D eigenvalue weighted by atomic mass is 16.5. The SMILES string of the molecule is CC1CC1C(=O)N1CC2(CC(COc3ccccn3)CCN2C)C1. The third kappa shape index (κ3) is 2.90. The average molecular weight is 329 g/mol. The summed E-state index contributed by atoms with van der Waals surface area (Å²) in [5.41, 5.74) is 0.171. The largest absolute Gasteiger partial charge is 0.477 e. The lowest BCUT2D eigenvalue weighted by Crippen LogP contribution is -2.72. The predicted octanol–water partition coefficient (Wildman–Crippen LogP) is 2.04. The summed E-state index contributed by atoms with van der Waals surface area (Å²) in [5, 5.41) is 0. The zero-order valence-electron chi connectivity index (χ0n) is 14.6. The Morgan fingerprint density at radius 3 is 2.88 bits per heavy atom. The van der Waals surface area contributed by atoms with E-state index in [0.29, 0.717) is 29.5 Å². The smallest absolute Gasteiger partial charge is 0.226 e. The second-order valence-electron chi connectivity index (χ2n) is 8.00. The van der Waals surface area contributed by atoms with E-state index >= 15 is 0 Å². The topological polar surface area (TPSA) is 45.7 Å². The van der Waals surface area contributed by atoms with Crippen molar-refractivity contribution < 1.29 is 9.53 Å². The fraction of sp³-hybridized carbons (Fsp3) is 0.684. The maximum Gasteiger partial charge on any atom is 0.226 e. The molecule has 0 bridgehead atoms. The fourth-order valence-corrected chi connectivity index (χ4v) is 4.28. The molecule has 3 heterocycles. The van der Waals surface area contributed by atoms with Gasteiger partial charge >= 0.3 is 0 Å². The minimum Gasteiger partial charge on any atom is -0.477 e. The van der Waals surface area contributed by atoms with Gasteiger partial charge in [-0.1, -0.05) is 13.0 Å². The average Bonchev–Trinajstić information content (AvgIpc) is 3.29. The molecule has 3 aliphatic rings. The summed E-state index contributed by atoms with van der Waals surface area (Å²) < 4.78 is 5.87. The zero-order chi connectivity index (χ0) is 16.7. The van der Waals surface area contributed by atoms with E-state index in [9.17, 15) is 4.79 Å². The van der Waals surface area contributed by atoms with Gasteiger partial charge in [0.05, 0.1) is 12.1 Å². The summed E-state index contributed by atoms with van der Waals surface area (Å²) in [6.45, 7) is 5.77. The summed E-state index contributed by atoms with van der Waals surface area (Å²) in [6, 6.07) is 5.76. The molecule has 130 valence electrons. The van der Waals surface area contributed by atoms with Gasteiger partial charge in [-0.2, -0.15) is 0 Å². The van der Waals surface area contributed by atoms with Gasteiger partial charge in [-0.05, 0) is 50.8 Å². The summed E-state index contributed by atoms with van der Waals surface area (Å²) in [7, 11) is 2.21. The van der Waals surface area contributed by atoms with E-state index in [1.54, 1.807) is 6.20 Å². The third-order valence-corrected chi connectivity index (χ3v) is 6.16. The molecule has 3 fully saturated rings. The van der Waals surface area contributed by atoms with Crippen LogP contribution in [0.5, 0.6) is 5.88 Å². The molecular formula is C19H27N3O2. The minimum atomic E-state index is 0.171. The summed E-state index contributed by atoms with van der Waals surface area (Å²) in [6.07, 6.45) is 5.11. The summed E-state index contributed by atoms with van der Waals surface area (Å²) in [4.78, 5) is 21.2. The normalized spacial score (nSPS) is 31.6. The quantitative estimate of drug-likeness (QED) is 0.848. The van der Waals surface area contributed by atoms with Crippen molar-refractivity contribution in [3.63, 3.8) is 0 Å². The number of carbonyl (C=O) groups excluding carboxylic acids is 1. The molecule has 3 unspecified atom stereocenters. The van der Waals surface area contributed by atoms with E-state index in [-0.39, 0.29) is 5.54 Å². The van der Waals surface area contributed by atoms with Crippen LogP contribution in [0.1, 0.15) is 26.2 Å². The van der Waals surface area contributed by atoms with Gasteiger partial charge in [0.15, 0.2) is 0 Å². The molecule has 0 aromatic carbocycles. The first-order chi connectivity index (χ1) is 11.6. The van der Waals surface area contributed by atoms with Gasteiger partial charge in [0.2, 0.25) is 11.8 Å². The molecule has 2 aliphatic heterocycles. The van der Waals surface area contributed by atoms with Crippen molar-refractivity contribution in [3.05, 3.63) is 24.4 Å². The summed E-state index contributed by atoms with van der Waals surface area (Å²) in [5.74, 6) is 2.53. The number of nitrogens with zero attached hydrogens (tertiary/aromatic N) is 3. The standard InChI is InChI=1S/C19H27N3O2/c1-14-9-16(14)18(23)22-12-19(13-22)10-15(6-8-21(19)2)11-24-17-5-3-4-7-20-17/h3-5,7,14-16H,6,8-13H2,1-2H3. The molecule has 1 amide bonds. The van der Waals surface area contributed by atoms with Crippen molar-refractivity contribution >= 4 is 5.91 Å². The lowest BCUT2D eigenvalue weighted by molar-refractivity contribution is -0.152. The number of rotatable bonds is 4. The minimum absolute atomic E-state index is 0.171. The van der Waals surface area contributed by atoms with Crippen molar-refractivity contribution in [2.45, 2.75) is 31.7 Å². The molecule has 1 spiro atoms. The van der Waals surface area contributed by atoms with E-state index in [0.717, 1.165) is 45.5 Å². The highest BCUT2D eigenvalue weighted by Gasteiger charge is 2.53. The molecule has 0 radical (unpaired) electrons. The molecular weight excluding hydrogens is 302 g/mol. The molecule has 4 rings (SSSR count). The number of carbonyl (C=O) groups is 1. The highest BCUT2D eigenvalue weighted by molar-refractivity contribution is 5.82. The Labute approximate surface area is 144 Å². The second-order valence-corrected chi connectivity index (χ2v) is 8.00. The van der Waals surface area contributed by atoms with Gasteiger partial charge < -0.3 is 9.64 Å². The Bertz CT molecular complexity index is 600. The molecule has 1 saturated carbocycles. The maximum absolute atomic E-state index is 12.4. The molecule has 0 N–H and O–H groups in total. The number of piperidine rings is 1. The van der Waals surface area contributed by atoms with Crippen molar-refractivity contribution in [3.8, 4) is 5.88 Å². The van der Waals surface area contributed by atoms with Gasteiger partial charge in [0.25, 0.3) is 0 Å². The van der Waals surface area contributed by atoms with E-state index in [1.165, 1.54) is 0 Å². The van der Waals surface area contributed by atoms with Crippen LogP contribution < -0.4 is 4.74 Å². The van der Waals surface area contributed by atoms with Crippen LogP contribution in [-0.4, -0.2) is 59.5 Å². The molecule has 1 aliphatic carbocycles. The number of aromatic nitrogens is 1. The van der Waals surface area contributed by atoms with Crippen LogP contribution in [0.25, 0.3) is 0 Å². The first-order valence-electron chi connectivity index (χ1n) is 9.11. The van der Waals surface area contributed by atoms with E-state index in [2.05, 4.69) is 28.8 Å². The van der Waals surface area contributed by atoms with Crippen molar-refractivity contribution in [2.75, 3.05) is 33.3 Å². The monoisotopic (exact) mass is 329 g/mol. The lowest BCUT2D eigenvalue weighted by Gasteiger charge is -2.58. The molecule has 5 nitrogen and oxygen atoms in total. The first kappa shape index (κ1) is 15.9. The van der Waals surface area contributed by atoms with Gasteiger partial charge in [-0.3, -0.25) is 9.69 Å². The zero-order valence-corrected chi connectivity index (χ0v) is 14.6. The van der Waals surface area contributed by atoms with Crippen LogP contribution in [0.15, 0.2) is 24.4 Å². The highest BCUT2D eigenvalue weighted by Crippen LogP contribution is 2.44. The first-order valence-corrected chi connectivity index (χ1v) is 9.11. The number of pyridine rings is 1. The van der Waals surface area contributed by atoms with Crippen LogP contribution in [-0.2, 0) is 4.79 Å². The molecule has 1 aromatic heterocycles. The third-order valence-electron chi connectivity index (χ3n) is 6.16. The molecule has 1 aromatic rings. The van der Waals surface area contributed by atoms with E-state index < -0.39 is 0 Å². The van der Waals surface area contributed by atoms with Crippen LogP contribution in [0.4, 0.5) is 0 Å². The van der Waals surface area contributed by atoms with Crippen LogP contribution in [0.2, 0.25) is 0 Å². The number of hydrogen-bond donors (Lipinski definition) is 0. The number of amides is 1. The Hall–Kier alpha value is -1.62. The Morgan fingerprint density at radius 2 is 2.21 bits per heavy atom. The predicted molar refractivity (Wildman–Crippen MR) is 91.7 cm³/mol. The molecule has 2 saturated heterocycles. The maximum atomic E-state index is 12.4. The molecule has 24 heavy (non-hydrogen) atoms. The fourth-order valence-electron chi connectivity index (χ4n) is 4.28. The number of likely N-dealkylation sites (tertiary alicyclic amines) is 2. The van der Waals surface area contributed by atoms with Gasteiger partial charge in [0.1, 0.15) is 0 Å². The van der Waals surface area contributed by atoms with Crippen molar-refractivity contribution in [1.29, 1.82) is 0 Å². The van der Waals surface area contributed by atoms with Crippen LogP contribution in [0.3, 0.4) is 0 Å². The van der Waals surface area contributed by atoms with Gasteiger partial charge in [-0.25, -0.2) is 4.98 Å². The Morgan fingerprint density at radius 1 is 1.42 bits per heavy atom. The van der Waals surface area contributed by atoms with Crippen molar-refractivity contribution in [2.24, 2.45) is 17.8 Å². The number of ether oxygens (including phenoxy) is 1. The molecule has 5 heteroatoms. The van der Waals surface area contributed by atoms with Crippen molar-refractivity contribution in [1.82, 2.24) is 14.8 Å².